The zero-order valence-corrected chi connectivity index (χ0v) is 11.9. The lowest BCUT2D eigenvalue weighted by molar-refractivity contribution is 0.531. The number of rotatable bonds is 7. The van der Waals surface area contributed by atoms with Gasteiger partial charge in [-0.1, -0.05) is 19.4 Å². The molecular formula is C11H20N2O2S2. The first-order valence-electron chi connectivity index (χ1n) is 5.75. The van der Waals surface area contributed by atoms with Gasteiger partial charge in [0.2, 0.25) is 10.0 Å². The van der Waals surface area contributed by atoms with E-state index < -0.39 is 15.3 Å². The van der Waals surface area contributed by atoms with Crippen LogP contribution in [0, 0.1) is 0 Å². The van der Waals surface area contributed by atoms with Gasteiger partial charge in [0.1, 0.15) is 0 Å². The lowest BCUT2D eigenvalue weighted by Crippen LogP contribution is -2.38. The summed E-state index contributed by atoms with van der Waals surface area (Å²) in [6.45, 7) is 3.81. The van der Waals surface area contributed by atoms with E-state index in [1.54, 1.807) is 18.3 Å². The molecule has 0 amide bonds. The molecule has 0 spiro atoms. The first-order chi connectivity index (χ1) is 8.01. The van der Waals surface area contributed by atoms with E-state index in [1.165, 1.54) is 0 Å². The average Bonchev–Trinajstić information content (AvgIpc) is 2.80. The molecule has 0 aliphatic heterocycles. The van der Waals surface area contributed by atoms with Crippen molar-refractivity contribution in [2.45, 2.75) is 38.0 Å². The van der Waals surface area contributed by atoms with E-state index >= 15 is 0 Å². The maximum absolute atomic E-state index is 12.0. The van der Waals surface area contributed by atoms with E-state index in [2.05, 4.69) is 4.72 Å². The van der Waals surface area contributed by atoms with Crippen LogP contribution in [0.4, 0.5) is 0 Å². The van der Waals surface area contributed by atoms with E-state index in [0.29, 0.717) is 0 Å². The lowest BCUT2D eigenvalue weighted by atomic mass is 10.1. The van der Waals surface area contributed by atoms with Gasteiger partial charge in [-0.05, 0) is 24.8 Å². The summed E-state index contributed by atoms with van der Waals surface area (Å²) in [6, 6.07) is 3.77. The van der Waals surface area contributed by atoms with Crippen molar-refractivity contribution in [2.24, 2.45) is 5.73 Å². The molecule has 1 aromatic rings. The number of nitrogens with two attached hydrogens (primary N) is 1. The van der Waals surface area contributed by atoms with Crippen molar-refractivity contribution in [1.82, 2.24) is 4.72 Å². The summed E-state index contributed by atoms with van der Waals surface area (Å²) in [5.74, 6) is 0. The Morgan fingerprint density at radius 3 is 2.71 bits per heavy atom. The van der Waals surface area contributed by atoms with Crippen molar-refractivity contribution >= 4 is 21.4 Å². The number of nitrogens with one attached hydrogen (secondary N) is 1. The van der Waals surface area contributed by atoms with Gasteiger partial charge in [0.15, 0.2) is 0 Å². The van der Waals surface area contributed by atoms with Crippen LogP contribution < -0.4 is 10.5 Å². The summed E-state index contributed by atoms with van der Waals surface area (Å²) in [5, 5.41) is 1.40. The normalized spacial score (nSPS) is 15.7. The van der Waals surface area contributed by atoms with Crippen LogP contribution >= 0.6 is 11.3 Å². The summed E-state index contributed by atoms with van der Waals surface area (Å²) in [5.41, 5.74) is 5.41. The van der Waals surface area contributed by atoms with Crippen molar-refractivity contribution in [3.05, 3.63) is 22.4 Å². The predicted molar refractivity (Wildman–Crippen MR) is 72.5 cm³/mol. The monoisotopic (exact) mass is 276 g/mol. The zero-order valence-electron chi connectivity index (χ0n) is 10.2. The van der Waals surface area contributed by atoms with Gasteiger partial charge in [-0.3, -0.25) is 0 Å². The third kappa shape index (κ3) is 4.06. The minimum atomic E-state index is -3.33. The molecule has 0 saturated heterocycles. The van der Waals surface area contributed by atoms with Gasteiger partial charge in [-0.25, -0.2) is 13.1 Å². The molecule has 0 fully saturated rings. The Hall–Kier alpha value is -0.430. The van der Waals surface area contributed by atoms with Crippen molar-refractivity contribution in [1.29, 1.82) is 0 Å². The van der Waals surface area contributed by atoms with Crippen LogP contribution in [0.1, 0.15) is 37.6 Å². The fraction of sp³-hybridized carbons (Fsp3) is 0.636. The predicted octanol–water partition coefficient (Wildman–Crippen LogP) is 1.86. The smallest absolute Gasteiger partial charge is 0.216 e. The Labute approximate surface area is 107 Å². The maximum Gasteiger partial charge on any atom is 0.216 e. The van der Waals surface area contributed by atoms with E-state index in [1.807, 2.05) is 24.4 Å². The Balaban J connectivity index is 2.81. The minimum absolute atomic E-state index is 0.126. The van der Waals surface area contributed by atoms with Gasteiger partial charge in [-0.2, -0.15) is 0 Å². The van der Waals surface area contributed by atoms with Crippen LogP contribution in [-0.2, 0) is 10.0 Å². The Morgan fingerprint density at radius 2 is 2.24 bits per heavy atom. The van der Waals surface area contributed by atoms with Gasteiger partial charge >= 0.3 is 0 Å². The van der Waals surface area contributed by atoms with E-state index in [9.17, 15) is 8.42 Å². The summed E-state index contributed by atoms with van der Waals surface area (Å²) in [6.07, 6.45) is 1.74. The molecule has 3 N–H and O–H groups in total. The Morgan fingerprint density at radius 1 is 1.53 bits per heavy atom. The highest BCUT2D eigenvalue weighted by Gasteiger charge is 2.24. The second kappa shape index (κ2) is 6.49. The van der Waals surface area contributed by atoms with Gasteiger partial charge in [0.25, 0.3) is 0 Å². The van der Waals surface area contributed by atoms with Crippen molar-refractivity contribution in [3.8, 4) is 0 Å². The molecule has 0 bridgehead atoms. The largest absolute Gasteiger partial charge is 0.329 e. The minimum Gasteiger partial charge on any atom is -0.329 e. The fourth-order valence-corrected chi connectivity index (χ4v) is 3.49. The SMILES string of the molecule is CCCC(NS(=O)(=O)C(C)CN)c1cccs1. The highest BCUT2D eigenvalue weighted by atomic mass is 32.2. The molecule has 0 aliphatic carbocycles. The van der Waals surface area contributed by atoms with Gasteiger partial charge in [-0.15, -0.1) is 11.3 Å². The molecule has 6 heteroatoms. The van der Waals surface area contributed by atoms with Crippen LogP contribution in [0.25, 0.3) is 0 Å². The quantitative estimate of drug-likeness (QED) is 0.798. The number of sulfonamides is 1. The highest BCUT2D eigenvalue weighted by molar-refractivity contribution is 7.90. The second-order valence-electron chi connectivity index (χ2n) is 4.07. The molecule has 0 saturated carbocycles. The standard InChI is InChI=1S/C11H20N2O2S2/c1-3-5-10(11-6-4-7-16-11)13-17(14,15)9(2)8-12/h4,6-7,9-10,13H,3,5,8,12H2,1-2H3. The van der Waals surface area contributed by atoms with Crippen LogP contribution in [0.3, 0.4) is 0 Å². The first-order valence-corrected chi connectivity index (χ1v) is 8.18. The van der Waals surface area contributed by atoms with Crippen LogP contribution in [-0.4, -0.2) is 20.2 Å². The molecule has 2 unspecified atom stereocenters. The summed E-state index contributed by atoms with van der Waals surface area (Å²) < 4.78 is 26.7. The summed E-state index contributed by atoms with van der Waals surface area (Å²) >= 11 is 1.57. The molecule has 2 atom stereocenters. The van der Waals surface area contributed by atoms with Crippen LogP contribution in [0.5, 0.6) is 0 Å². The molecule has 1 aromatic heterocycles. The number of hydrogen-bond donors (Lipinski definition) is 2. The second-order valence-corrected chi connectivity index (χ2v) is 7.18. The number of thiophene rings is 1. The molecule has 1 rings (SSSR count). The van der Waals surface area contributed by atoms with Gasteiger partial charge in [0, 0.05) is 11.4 Å². The molecule has 1 heterocycles. The van der Waals surface area contributed by atoms with Gasteiger partial charge < -0.3 is 5.73 Å². The lowest BCUT2D eigenvalue weighted by Gasteiger charge is -2.19. The molecule has 0 aromatic carbocycles. The van der Waals surface area contributed by atoms with Gasteiger partial charge in [0.05, 0.1) is 11.3 Å². The van der Waals surface area contributed by atoms with Crippen molar-refractivity contribution < 1.29 is 8.42 Å². The Bertz CT molecular complexity index is 415. The van der Waals surface area contributed by atoms with Crippen molar-refractivity contribution in [3.63, 3.8) is 0 Å². The molecule has 4 nitrogen and oxygen atoms in total. The van der Waals surface area contributed by atoms with E-state index in [-0.39, 0.29) is 12.6 Å². The molecule has 0 aliphatic rings. The maximum atomic E-state index is 12.0. The fourth-order valence-electron chi connectivity index (χ4n) is 1.48. The highest BCUT2D eigenvalue weighted by Crippen LogP contribution is 2.24. The van der Waals surface area contributed by atoms with Crippen molar-refractivity contribution in [2.75, 3.05) is 6.54 Å². The molecular weight excluding hydrogens is 256 g/mol. The van der Waals surface area contributed by atoms with Crippen LogP contribution in [0.15, 0.2) is 17.5 Å². The molecule has 17 heavy (non-hydrogen) atoms. The summed E-state index contributed by atoms with van der Waals surface area (Å²) in [4.78, 5) is 1.06. The zero-order chi connectivity index (χ0) is 12.9. The number of hydrogen-bond acceptors (Lipinski definition) is 4. The molecule has 98 valence electrons. The average molecular weight is 276 g/mol. The first kappa shape index (κ1) is 14.6. The third-order valence-electron chi connectivity index (χ3n) is 2.63. The van der Waals surface area contributed by atoms with E-state index in [4.69, 9.17) is 5.73 Å². The topological polar surface area (TPSA) is 72.2 Å². The van der Waals surface area contributed by atoms with Crippen LogP contribution in [0.2, 0.25) is 0 Å². The summed E-state index contributed by atoms with van der Waals surface area (Å²) in [7, 11) is -3.33. The van der Waals surface area contributed by atoms with E-state index in [0.717, 1.165) is 17.7 Å². The molecule has 0 radical (unpaired) electrons. The Kier molecular flexibility index (Phi) is 5.58. The third-order valence-corrected chi connectivity index (χ3v) is 5.48.